The molecule has 9 heteroatoms. The summed E-state index contributed by atoms with van der Waals surface area (Å²) in [6.07, 6.45) is 2.61. The number of fused-ring (bicyclic) bond motifs is 1. The van der Waals surface area contributed by atoms with Gasteiger partial charge in [0, 0.05) is 47.6 Å². The van der Waals surface area contributed by atoms with E-state index in [0.29, 0.717) is 30.3 Å². The molecular formula is C22H26F2N6O. The van der Waals surface area contributed by atoms with Gasteiger partial charge >= 0.3 is 0 Å². The summed E-state index contributed by atoms with van der Waals surface area (Å²) < 4.78 is 26.9. The zero-order valence-electron chi connectivity index (χ0n) is 17.6. The van der Waals surface area contributed by atoms with Gasteiger partial charge in [-0.2, -0.15) is 0 Å². The SMILES string of the molecule is Cc1cc(C(=O)N2CC[C@@H](C)[C@H](C3=CC(C(F)F)=NC4N=CNN34)C2)cc(C2CC2)n1. The van der Waals surface area contributed by atoms with Crippen LogP contribution in [0.25, 0.3) is 0 Å². The number of nitrogens with one attached hydrogen (secondary N) is 1. The zero-order chi connectivity index (χ0) is 21.7. The average Bonchev–Trinajstić information content (AvgIpc) is 3.49. The molecule has 0 spiro atoms. The van der Waals surface area contributed by atoms with E-state index >= 15 is 0 Å². The zero-order valence-corrected chi connectivity index (χ0v) is 17.6. The highest BCUT2D eigenvalue weighted by atomic mass is 19.3. The normalized spacial score (nSPS) is 27.7. The molecule has 0 aromatic carbocycles. The first-order chi connectivity index (χ1) is 14.9. The Morgan fingerprint density at radius 2 is 2.06 bits per heavy atom. The van der Waals surface area contributed by atoms with Crippen molar-refractivity contribution >= 4 is 18.0 Å². The maximum Gasteiger partial charge on any atom is 0.280 e. The van der Waals surface area contributed by atoms with Crippen LogP contribution in [0.1, 0.15) is 53.8 Å². The molecule has 3 aliphatic heterocycles. The second kappa shape index (κ2) is 7.69. The van der Waals surface area contributed by atoms with Gasteiger partial charge in [0.2, 0.25) is 6.29 Å². The molecule has 4 aliphatic rings. The van der Waals surface area contributed by atoms with Crippen molar-refractivity contribution in [3.63, 3.8) is 0 Å². The monoisotopic (exact) mass is 428 g/mol. The summed E-state index contributed by atoms with van der Waals surface area (Å²) in [6.45, 7) is 5.14. The quantitative estimate of drug-likeness (QED) is 0.800. The van der Waals surface area contributed by atoms with Gasteiger partial charge in [0.1, 0.15) is 12.1 Å². The van der Waals surface area contributed by atoms with E-state index < -0.39 is 12.7 Å². The van der Waals surface area contributed by atoms with E-state index in [4.69, 9.17) is 0 Å². The Labute approximate surface area is 179 Å². The highest BCUT2D eigenvalue weighted by molar-refractivity contribution is 5.99. The highest BCUT2D eigenvalue weighted by Crippen LogP contribution is 2.40. The predicted molar refractivity (Wildman–Crippen MR) is 113 cm³/mol. The molecule has 1 amide bonds. The minimum atomic E-state index is -2.66. The van der Waals surface area contributed by atoms with Gasteiger partial charge in [0.25, 0.3) is 12.3 Å². The maximum atomic E-state index is 13.5. The third-order valence-corrected chi connectivity index (χ3v) is 6.54. The first-order valence-corrected chi connectivity index (χ1v) is 10.8. The number of pyridine rings is 1. The fourth-order valence-electron chi connectivity index (χ4n) is 4.62. The highest BCUT2D eigenvalue weighted by Gasteiger charge is 2.39. The van der Waals surface area contributed by atoms with Crippen LogP contribution in [0.2, 0.25) is 0 Å². The predicted octanol–water partition coefficient (Wildman–Crippen LogP) is 3.10. The number of alkyl halides is 2. The summed E-state index contributed by atoms with van der Waals surface area (Å²) in [4.78, 5) is 28.0. The number of aryl methyl sites for hydroxylation is 1. The van der Waals surface area contributed by atoms with Gasteiger partial charge < -0.3 is 4.90 Å². The van der Waals surface area contributed by atoms with Crippen LogP contribution in [0, 0.1) is 18.8 Å². The van der Waals surface area contributed by atoms with Gasteiger partial charge in [-0.1, -0.05) is 6.92 Å². The number of amides is 1. The van der Waals surface area contributed by atoms with Crippen molar-refractivity contribution in [1.82, 2.24) is 20.3 Å². The number of carbonyl (C=O) groups is 1. The molecule has 1 saturated heterocycles. The van der Waals surface area contributed by atoms with Crippen molar-refractivity contribution in [2.45, 2.75) is 51.7 Å². The molecule has 2 fully saturated rings. The number of hydrogen-bond acceptors (Lipinski definition) is 6. The fourth-order valence-corrected chi connectivity index (χ4v) is 4.62. The van der Waals surface area contributed by atoms with E-state index in [-0.39, 0.29) is 23.5 Å². The van der Waals surface area contributed by atoms with E-state index in [1.54, 1.807) is 5.01 Å². The number of allylic oxidation sites excluding steroid dienone is 1. The molecule has 31 heavy (non-hydrogen) atoms. The first kappa shape index (κ1) is 20.1. The molecule has 1 N–H and O–H groups in total. The molecule has 164 valence electrons. The number of piperidine rings is 1. The number of aromatic nitrogens is 1. The number of hydrogen-bond donors (Lipinski definition) is 1. The van der Waals surface area contributed by atoms with Gasteiger partial charge in [-0.15, -0.1) is 0 Å². The lowest BCUT2D eigenvalue weighted by molar-refractivity contribution is 0.0594. The van der Waals surface area contributed by atoms with Crippen molar-refractivity contribution in [3.8, 4) is 0 Å². The Morgan fingerprint density at radius 1 is 1.26 bits per heavy atom. The van der Waals surface area contributed by atoms with Crippen LogP contribution in [-0.4, -0.2) is 58.7 Å². The molecule has 5 rings (SSSR count). The Hall–Kier alpha value is -2.84. The third-order valence-electron chi connectivity index (χ3n) is 6.54. The second-order valence-electron chi connectivity index (χ2n) is 8.87. The number of hydrazine groups is 1. The average molecular weight is 428 g/mol. The summed E-state index contributed by atoms with van der Waals surface area (Å²) in [5, 5.41) is 1.73. The molecule has 7 nitrogen and oxygen atoms in total. The number of halogens is 2. The van der Waals surface area contributed by atoms with Crippen LogP contribution in [0.3, 0.4) is 0 Å². The third kappa shape index (κ3) is 3.81. The van der Waals surface area contributed by atoms with Gasteiger partial charge in [-0.05, 0) is 50.3 Å². The summed E-state index contributed by atoms with van der Waals surface area (Å²) >= 11 is 0. The Kier molecular flexibility index (Phi) is 4.98. The number of aliphatic imine (C=N–C) groups is 2. The van der Waals surface area contributed by atoms with Gasteiger partial charge in [-0.3, -0.25) is 15.2 Å². The lowest BCUT2D eigenvalue weighted by Gasteiger charge is -2.42. The maximum absolute atomic E-state index is 13.5. The van der Waals surface area contributed by atoms with E-state index in [9.17, 15) is 13.6 Å². The molecule has 1 aromatic rings. The van der Waals surface area contributed by atoms with Crippen molar-refractivity contribution in [2.24, 2.45) is 21.8 Å². The summed E-state index contributed by atoms with van der Waals surface area (Å²) in [5.41, 5.74) is 5.97. The summed E-state index contributed by atoms with van der Waals surface area (Å²) in [7, 11) is 0. The minimum absolute atomic E-state index is 0.0226. The number of carbonyl (C=O) groups excluding carboxylic acids is 1. The summed E-state index contributed by atoms with van der Waals surface area (Å²) in [5.74, 6) is 0.588. The lowest BCUT2D eigenvalue weighted by atomic mass is 9.83. The van der Waals surface area contributed by atoms with Crippen LogP contribution >= 0.6 is 0 Å². The molecular weight excluding hydrogens is 402 g/mol. The second-order valence-corrected chi connectivity index (χ2v) is 8.87. The largest absolute Gasteiger partial charge is 0.338 e. The standard InChI is InChI=1S/C22H26F2N6O/c1-12-5-6-29(21(31)15-7-13(2)27-17(8-15)14-3-4-14)10-16(12)19-9-18(20(23)24)28-22-25-11-26-30(19)22/h7-9,11-12,14,16,20,22H,3-6,10H2,1-2H3,(H,25,26)/t12-,16-,22?/m1/s1. The van der Waals surface area contributed by atoms with Crippen LogP contribution in [0.4, 0.5) is 8.78 Å². The van der Waals surface area contributed by atoms with E-state index in [2.05, 4.69) is 27.3 Å². The molecule has 1 unspecified atom stereocenters. The van der Waals surface area contributed by atoms with Crippen LogP contribution in [0.5, 0.6) is 0 Å². The molecule has 1 saturated carbocycles. The van der Waals surface area contributed by atoms with Crippen molar-refractivity contribution in [3.05, 3.63) is 40.9 Å². The summed E-state index contributed by atoms with van der Waals surface area (Å²) in [6, 6.07) is 3.77. The molecule has 0 radical (unpaired) electrons. The van der Waals surface area contributed by atoms with Crippen molar-refractivity contribution in [2.75, 3.05) is 13.1 Å². The molecule has 0 bridgehead atoms. The Balaban J connectivity index is 1.40. The van der Waals surface area contributed by atoms with Crippen LogP contribution in [0.15, 0.2) is 33.9 Å². The molecule has 3 atom stereocenters. The van der Waals surface area contributed by atoms with Crippen LogP contribution in [-0.2, 0) is 0 Å². The minimum Gasteiger partial charge on any atom is -0.338 e. The Morgan fingerprint density at radius 3 is 2.81 bits per heavy atom. The van der Waals surface area contributed by atoms with E-state index in [1.807, 2.05) is 24.0 Å². The molecule has 4 heterocycles. The lowest BCUT2D eigenvalue weighted by Crippen LogP contribution is -2.50. The molecule has 1 aromatic heterocycles. The van der Waals surface area contributed by atoms with Gasteiger partial charge in [-0.25, -0.2) is 23.8 Å². The topological polar surface area (TPSA) is 73.2 Å². The fraction of sp³-hybridized carbons (Fsp3) is 0.545. The smallest absolute Gasteiger partial charge is 0.280 e. The van der Waals surface area contributed by atoms with E-state index in [1.165, 1.54) is 12.4 Å². The van der Waals surface area contributed by atoms with Crippen molar-refractivity contribution < 1.29 is 13.6 Å². The number of nitrogens with zero attached hydrogens (tertiary/aromatic N) is 5. The first-order valence-electron chi connectivity index (χ1n) is 10.8. The Bertz CT molecular complexity index is 986. The number of rotatable bonds is 4. The van der Waals surface area contributed by atoms with Gasteiger partial charge in [0.15, 0.2) is 0 Å². The molecule has 1 aliphatic carbocycles. The number of likely N-dealkylation sites (tertiary alicyclic amines) is 1. The van der Waals surface area contributed by atoms with Crippen LogP contribution < -0.4 is 5.43 Å². The van der Waals surface area contributed by atoms with Crippen molar-refractivity contribution in [1.29, 1.82) is 0 Å². The van der Waals surface area contributed by atoms with E-state index in [0.717, 1.165) is 30.7 Å². The van der Waals surface area contributed by atoms with Gasteiger partial charge in [0.05, 0.1) is 0 Å².